The molecule has 0 unspecified atom stereocenters. The number of aliphatic hydroxyl groups excluding tert-OH is 1. The molecule has 0 aliphatic rings. The molecular formula is C8H13N3O2. The molecule has 1 rings (SSSR count). The number of aliphatic hydroxyl groups is 1. The zero-order valence-electron chi connectivity index (χ0n) is 7.74. The van der Waals surface area contributed by atoms with Crippen LogP contribution in [-0.4, -0.2) is 27.2 Å². The largest absolute Gasteiger partial charge is 0.395 e. The van der Waals surface area contributed by atoms with Crippen molar-refractivity contribution in [2.75, 3.05) is 6.61 Å². The Kier molecular flexibility index (Phi) is 2.67. The van der Waals surface area contributed by atoms with Gasteiger partial charge in [-0.3, -0.25) is 4.79 Å². The summed E-state index contributed by atoms with van der Waals surface area (Å²) >= 11 is 0. The molecule has 0 aliphatic carbocycles. The Labute approximate surface area is 76.2 Å². The summed E-state index contributed by atoms with van der Waals surface area (Å²) in [6.45, 7) is 4.00. The van der Waals surface area contributed by atoms with Crippen molar-refractivity contribution in [2.45, 2.75) is 20.4 Å². The van der Waals surface area contributed by atoms with Gasteiger partial charge in [-0.2, -0.15) is 0 Å². The van der Waals surface area contributed by atoms with Crippen LogP contribution in [0.1, 0.15) is 22.0 Å². The highest BCUT2D eigenvalue weighted by atomic mass is 16.3. The Hall–Kier alpha value is -1.36. The van der Waals surface area contributed by atoms with Crippen molar-refractivity contribution in [3.05, 3.63) is 17.2 Å². The minimum atomic E-state index is -0.530. The highest BCUT2D eigenvalue weighted by Crippen LogP contribution is 2.09. The molecule has 0 aliphatic heterocycles. The van der Waals surface area contributed by atoms with Crippen LogP contribution in [0, 0.1) is 13.8 Å². The first kappa shape index (κ1) is 9.73. The molecule has 1 aromatic rings. The van der Waals surface area contributed by atoms with Crippen molar-refractivity contribution in [2.24, 2.45) is 5.73 Å². The van der Waals surface area contributed by atoms with Gasteiger partial charge >= 0.3 is 0 Å². The third kappa shape index (κ3) is 1.70. The fourth-order valence-electron chi connectivity index (χ4n) is 1.34. The summed E-state index contributed by atoms with van der Waals surface area (Å²) in [6, 6.07) is 0. The van der Waals surface area contributed by atoms with Crippen LogP contribution >= 0.6 is 0 Å². The van der Waals surface area contributed by atoms with E-state index in [0.29, 0.717) is 18.1 Å². The predicted molar refractivity (Wildman–Crippen MR) is 47.3 cm³/mol. The Morgan fingerprint density at radius 2 is 2.23 bits per heavy atom. The van der Waals surface area contributed by atoms with Crippen molar-refractivity contribution >= 4 is 5.91 Å². The van der Waals surface area contributed by atoms with E-state index in [9.17, 15) is 4.79 Å². The molecule has 0 radical (unpaired) electrons. The van der Waals surface area contributed by atoms with Gasteiger partial charge in [0.05, 0.1) is 6.61 Å². The second-order valence-electron chi connectivity index (χ2n) is 2.83. The summed E-state index contributed by atoms with van der Waals surface area (Å²) in [7, 11) is 0. The average Bonchev–Trinajstić information content (AvgIpc) is 2.32. The van der Waals surface area contributed by atoms with E-state index in [4.69, 9.17) is 10.8 Å². The Bertz CT molecular complexity index is 330. The number of primary amides is 1. The zero-order valence-corrected chi connectivity index (χ0v) is 7.74. The summed E-state index contributed by atoms with van der Waals surface area (Å²) in [6.07, 6.45) is 0. The molecule has 0 bridgehead atoms. The molecule has 0 aromatic carbocycles. The van der Waals surface area contributed by atoms with Gasteiger partial charge in [-0.15, -0.1) is 0 Å². The van der Waals surface area contributed by atoms with Gasteiger partial charge in [0.15, 0.2) is 0 Å². The summed E-state index contributed by atoms with van der Waals surface area (Å²) in [4.78, 5) is 14.9. The maximum atomic E-state index is 10.9. The lowest BCUT2D eigenvalue weighted by molar-refractivity contribution is 0.0995. The number of amides is 1. The maximum Gasteiger partial charge on any atom is 0.269 e. The lowest BCUT2D eigenvalue weighted by Crippen LogP contribution is -2.14. The molecule has 1 amide bonds. The minimum Gasteiger partial charge on any atom is -0.395 e. The second kappa shape index (κ2) is 3.57. The van der Waals surface area contributed by atoms with Gasteiger partial charge in [0.2, 0.25) is 0 Å². The highest BCUT2D eigenvalue weighted by Gasteiger charge is 2.13. The number of hydrogen-bond acceptors (Lipinski definition) is 3. The number of hydrogen-bond donors (Lipinski definition) is 2. The summed E-state index contributed by atoms with van der Waals surface area (Å²) in [5.41, 5.74) is 6.11. The summed E-state index contributed by atoms with van der Waals surface area (Å²) in [5.74, 6) is 0.164. The van der Waals surface area contributed by atoms with E-state index in [0.717, 1.165) is 0 Å². The van der Waals surface area contributed by atoms with Crippen LogP contribution in [-0.2, 0) is 6.54 Å². The third-order valence-corrected chi connectivity index (χ3v) is 1.97. The van der Waals surface area contributed by atoms with E-state index in [1.165, 1.54) is 0 Å². The molecule has 1 heterocycles. The van der Waals surface area contributed by atoms with E-state index < -0.39 is 5.91 Å². The highest BCUT2D eigenvalue weighted by molar-refractivity contribution is 5.92. The minimum absolute atomic E-state index is 0.0240. The summed E-state index contributed by atoms with van der Waals surface area (Å²) < 4.78 is 1.76. The summed E-state index contributed by atoms with van der Waals surface area (Å²) in [5, 5.41) is 8.75. The van der Waals surface area contributed by atoms with Gasteiger partial charge in [-0.1, -0.05) is 0 Å². The number of carbonyl (C=O) groups is 1. The molecular weight excluding hydrogens is 170 g/mol. The molecule has 13 heavy (non-hydrogen) atoms. The Morgan fingerprint density at radius 3 is 2.62 bits per heavy atom. The Balaban J connectivity index is 3.14. The number of rotatable bonds is 3. The molecule has 3 N–H and O–H groups in total. The predicted octanol–water partition coefficient (Wildman–Crippen LogP) is -0.409. The molecule has 0 saturated heterocycles. The molecule has 5 heteroatoms. The first-order chi connectivity index (χ1) is 6.07. The molecule has 0 saturated carbocycles. The van der Waals surface area contributed by atoms with Gasteiger partial charge in [0.25, 0.3) is 5.91 Å². The van der Waals surface area contributed by atoms with Crippen LogP contribution in [0.3, 0.4) is 0 Å². The fraction of sp³-hybridized carbons (Fsp3) is 0.500. The quantitative estimate of drug-likeness (QED) is 0.668. The Morgan fingerprint density at radius 1 is 1.62 bits per heavy atom. The molecule has 5 nitrogen and oxygen atoms in total. The molecule has 1 aromatic heterocycles. The van der Waals surface area contributed by atoms with Crippen LogP contribution in [0.5, 0.6) is 0 Å². The number of imidazole rings is 1. The third-order valence-electron chi connectivity index (χ3n) is 1.97. The monoisotopic (exact) mass is 183 g/mol. The van der Waals surface area contributed by atoms with Crippen molar-refractivity contribution in [3.8, 4) is 0 Å². The van der Waals surface area contributed by atoms with Crippen molar-refractivity contribution < 1.29 is 9.90 Å². The van der Waals surface area contributed by atoms with E-state index >= 15 is 0 Å². The van der Waals surface area contributed by atoms with Gasteiger partial charge < -0.3 is 15.4 Å². The number of nitrogens with two attached hydrogens (primary N) is 1. The average molecular weight is 183 g/mol. The van der Waals surface area contributed by atoms with Crippen LogP contribution in [0.4, 0.5) is 0 Å². The first-order valence-electron chi connectivity index (χ1n) is 4.02. The van der Waals surface area contributed by atoms with Crippen LogP contribution < -0.4 is 5.73 Å². The normalized spacial score (nSPS) is 10.4. The van der Waals surface area contributed by atoms with Gasteiger partial charge in [0.1, 0.15) is 11.5 Å². The van der Waals surface area contributed by atoms with Crippen LogP contribution in [0.25, 0.3) is 0 Å². The molecule has 72 valence electrons. The van der Waals surface area contributed by atoms with Crippen LogP contribution in [0.15, 0.2) is 0 Å². The van der Waals surface area contributed by atoms with Gasteiger partial charge in [-0.05, 0) is 13.8 Å². The second-order valence-corrected chi connectivity index (χ2v) is 2.83. The lowest BCUT2D eigenvalue weighted by atomic mass is 10.3. The topological polar surface area (TPSA) is 81.1 Å². The SMILES string of the molecule is Cc1nc(C(N)=O)c(C)n1CCO. The fourth-order valence-corrected chi connectivity index (χ4v) is 1.34. The number of aromatic nitrogens is 2. The van der Waals surface area contributed by atoms with Gasteiger partial charge in [-0.25, -0.2) is 4.98 Å². The van der Waals surface area contributed by atoms with E-state index in [1.54, 1.807) is 18.4 Å². The number of carbonyl (C=O) groups excluding carboxylic acids is 1. The van der Waals surface area contributed by atoms with E-state index in [1.807, 2.05) is 0 Å². The molecule has 0 fully saturated rings. The smallest absolute Gasteiger partial charge is 0.269 e. The van der Waals surface area contributed by atoms with Crippen molar-refractivity contribution in [1.29, 1.82) is 0 Å². The molecule has 0 atom stereocenters. The van der Waals surface area contributed by atoms with E-state index in [-0.39, 0.29) is 12.3 Å². The first-order valence-corrected chi connectivity index (χ1v) is 4.02. The van der Waals surface area contributed by atoms with Crippen LogP contribution in [0.2, 0.25) is 0 Å². The maximum absolute atomic E-state index is 10.9. The lowest BCUT2D eigenvalue weighted by Gasteiger charge is -2.04. The number of nitrogens with zero attached hydrogens (tertiary/aromatic N) is 2. The van der Waals surface area contributed by atoms with Crippen molar-refractivity contribution in [1.82, 2.24) is 9.55 Å². The van der Waals surface area contributed by atoms with Crippen molar-refractivity contribution in [3.63, 3.8) is 0 Å². The number of aryl methyl sites for hydroxylation is 1. The van der Waals surface area contributed by atoms with E-state index in [2.05, 4.69) is 4.98 Å². The molecule has 0 spiro atoms. The van der Waals surface area contributed by atoms with Gasteiger partial charge in [0, 0.05) is 12.2 Å². The zero-order chi connectivity index (χ0) is 10.0. The standard InChI is InChI=1S/C8H13N3O2/c1-5-7(8(9)13)10-6(2)11(5)3-4-12/h12H,3-4H2,1-2H3,(H2,9,13).